The van der Waals surface area contributed by atoms with E-state index in [1.54, 1.807) is 6.20 Å². The second-order valence-electron chi connectivity index (χ2n) is 5.89. The third-order valence-electron chi connectivity index (χ3n) is 4.36. The van der Waals surface area contributed by atoms with Crippen LogP contribution in [0, 0.1) is 0 Å². The van der Waals surface area contributed by atoms with Crippen molar-refractivity contribution in [1.29, 1.82) is 0 Å². The Morgan fingerprint density at radius 3 is 2.92 bits per heavy atom. The van der Waals surface area contributed by atoms with Crippen LogP contribution in [-0.2, 0) is 10.0 Å². The number of nitrogens with one attached hydrogen (secondary N) is 1. The van der Waals surface area contributed by atoms with Gasteiger partial charge in [0.2, 0.25) is 10.0 Å². The van der Waals surface area contributed by atoms with Gasteiger partial charge >= 0.3 is 0 Å². The highest BCUT2D eigenvalue weighted by Gasteiger charge is 2.29. The quantitative estimate of drug-likeness (QED) is 0.611. The highest BCUT2D eigenvalue weighted by atomic mass is 79.9. The summed E-state index contributed by atoms with van der Waals surface area (Å²) < 4.78 is 27.8. The molecule has 0 unspecified atom stereocenters. The molecular weight excluding hydrogens is 440 g/mol. The van der Waals surface area contributed by atoms with Crippen LogP contribution in [0.3, 0.4) is 0 Å². The van der Waals surface area contributed by atoms with Gasteiger partial charge in [0.1, 0.15) is 15.7 Å². The van der Waals surface area contributed by atoms with Crippen molar-refractivity contribution >= 4 is 54.2 Å². The summed E-state index contributed by atoms with van der Waals surface area (Å²) in [7, 11) is -3.71. The zero-order valence-corrected chi connectivity index (χ0v) is 16.6. The lowest BCUT2D eigenvalue weighted by atomic mass is 10.0. The average molecular weight is 454 g/mol. The number of nitrogens with zero attached hydrogens (tertiary/aromatic N) is 3. The standard InChI is InChI=1S/C17H14BrClN4O2S/c18-12-8-15(16(19)21-9-12)26(24,25)23-6-3-11(4-7-23)14-10-22-17-13(14)2-1-5-20-17/h1-3,5,8-10H,4,6-7H2,(H,20,22). The van der Waals surface area contributed by atoms with Crippen LogP contribution in [0.15, 0.2) is 52.2 Å². The monoisotopic (exact) mass is 452 g/mol. The first kappa shape index (κ1) is 17.7. The highest BCUT2D eigenvalue weighted by Crippen LogP contribution is 2.32. The van der Waals surface area contributed by atoms with Crippen LogP contribution < -0.4 is 0 Å². The lowest BCUT2D eigenvalue weighted by molar-refractivity contribution is 0.441. The predicted molar refractivity (Wildman–Crippen MR) is 104 cm³/mol. The van der Waals surface area contributed by atoms with E-state index in [1.165, 1.54) is 16.6 Å². The number of H-pyrrole nitrogens is 1. The number of pyridine rings is 2. The summed E-state index contributed by atoms with van der Waals surface area (Å²) in [6.07, 6.45) is 7.68. The molecule has 1 aliphatic heterocycles. The summed E-state index contributed by atoms with van der Waals surface area (Å²) in [5.41, 5.74) is 2.99. The smallest absolute Gasteiger partial charge is 0.246 e. The van der Waals surface area contributed by atoms with Crippen LogP contribution in [0.5, 0.6) is 0 Å². The van der Waals surface area contributed by atoms with E-state index in [4.69, 9.17) is 11.6 Å². The summed E-state index contributed by atoms with van der Waals surface area (Å²) in [5.74, 6) is 0. The molecule has 4 heterocycles. The predicted octanol–water partition coefficient (Wildman–Crippen LogP) is 3.85. The fourth-order valence-corrected chi connectivity index (χ4v) is 5.36. The molecule has 0 fully saturated rings. The summed E-state index contributed by atoms with van der Waals surface area (Å²) in [5, 5.41) is 1.01. The Kier molecular flexibility index (Phi) is 4.60. The largest absolute Gasteiger partial charge is 0.346 e. The van der Waals surface area contributed by atoms with E-state index >= 15 is 0 Å². The van der Waals surface area contributed by atoms with Gasteiger partial charge in [0.15, 0.2) is 0 Å². The number of hydrogen-bond donors (Lipinski definition) is 1. The molecule has 3 aromatic heterocycles. The van der Waals surface area contributed by atoms with Gasteiger partial charge < -0.3 is 4.98 Å². The molecule has 0 aromatic carbocycles. The Bertz CT molecular complexity index is 1130. The van der Waals surface area contributed by atoms with Gasteiger partial charge in [-0.2, -0.15) is 4.31 Å². The van der Waals surface area contributed by atoms with Crippen LogP contribution in [-0.4, -0.2) is 40.8 Å². The van der Waals surface area contributed by atoms with E-state index in [0.29, 0.717) is 17.4 Å². The van der Waals surface area contributed by atoms with Crippen molar-refractivity contribution < 1.29 is 8.42 Å². The number of aromatic nitrogens is 3. The number of aromatic amines is 1. The molecule has 1 N–H and O–H groups in total. The molecule has 1 aliphatic rings. The minimum atomic E-state index is -3.71. The Morgan fingerprint density at radius 2 is 2.15 bits per heavy atom. The molecular formula is C17H14BrClN4O2S. The number of rotatable bonds is 3. The third kappa shape index (κ3) is 3.07. The van der Waals surface area contributed by atoms with Gasteiger partial charge in [-0.15, -0.1) is 0 Å². The van der Waals surface area contributed by atoms with E-state index < -0.39 is 10.0 Å². The molecule has 3 aromatic rings. The number of fused-ring (bicyclic) bond motifs is 1. The van der Waals surface area contributed by atoms with Gasteiger partial charge in [-0.3, -0.25) is 0 Å². The molecule has 0 radical (unpaired) electrons. The maximum atomic E-state index is 12.9. The lowest BCUT2D eigenvalue weighted by Gasteiger charge is -2.26. The number of halogens is 2. The fraction of sp³-hybridized carbons (Fsp3) is 0.176. The molecule has 4 rings (SSSR count). The second-order valence-corrected chi connectivity index (χ2v) is 9.07. The first-order valence-electron chi connectivity index (χ1n) is 7.89. The molecule has 0 atom stereocenters. The van der Waals surface area contributed by atoms with Gasteiger partial charge in [0, 0.05) is 47.1 Å². The van der Waals surface area contributed by atoms with E-state index in [0.717, 1.165) is 22.2 Å². The second kappa shape index (κ2) is 6.77. The Morgan fingerprint density at radius 1 is 1.31 bits per heavy atom. The molecule has 26 heavy (non-hydrogen) atoms. The average Bonchev–Trinajstić information content (AvgIpc) is 3.08. The van der Waals surface area contributed by atoms with Gasteiger partial charge in [0.25, 0.3) is 0 Å². The molecule has 6 nitrogen and oxygen atoms in total. The molecule has 0 aliphatic carbocycles. The normalized spacial score (nSPS) is 16.0. The summed E-state index contributed by atoms with van der Waals surface area (Å²) in [4.78, 5) is 11.4. The Labute approximate surface area is 164 Å². The first-order chi connectivity index (χ1) is 12.5. The summed E-state index contributed by atoms with van der Waals surface area (Å²) in [6.45, 7) is 0.664. The minimum absolute atomic E-state index is 0.0154. The van der Waals surface area contributed by atoms with Gasteiger partial charge in [-0.25, -0.2) is 18.4 Å². The summed E-state index contributed by atoms with van der Waals surface area (Å²) in [6, 6.07) is 5.38. The van der Waals surface area contributed by atoms with Crippen molar-refractivity contribution in [3.05, 3.63) is 58.1 Å². The van der Waals surface area contributed by atoms with Crippen molar-refractivity contribution in [2.45, 2.75) is 11.3 Å². The van der Waals surface area contributed by atoms with Crippen LogP contribution in [0.25, 0.3) is 16.6 Å². The summed E-state index contributed by atoms with van der Waals surface area (Å²) >= 11 is 9.26. The molecule has 0 saturated carbocycles. The van der Waals surface area contributed by atoms with Crippen LogP contribution >= 0.6 is 27.5 Å². The molecule has 9 heteroatoms. The van der Waals surface area contributed by atoms with E-state index in [2.05, 4.69) is 30.9 Å². The Hall–Kier alpha value is -1.74. The van der Waals surface area contributed by atoms with Crippen LogP contribution in [0.2, 0.25) is 5.15 Å². The van der Waals surface area contributed by atoms with Crippen molar-refractivity contribution in [1.82, 2.24) is 19.3 Å². The molecule has 134 valence electrons. The van der Waals surface area contributed by atoms with Crippen molar-refractivity contribution in [2.24, 2.45) is 0 Å². The maximum absolute atomic E-state index is 12.9. The molecule has 0 saturated heterocycles. The SMILES string of the molecule is O=S(=O)(c1cc(Br)cnc1Cl)N1CC=C(c2c[nH]c3ncccc23)CC1. The van der Waals surface area contributed by atoms with Gasteiger partial charge in [-0.1, -0.05) is 17.7 Å². The number of sulfonamides is 1. The van der Waals surface area contributed by atoms with Crippen molar-refractivity contribution in [2.75, 3.05) is 13.1 Å². The van der Waals surface area contributed by atoms with Crippen LogP contribution in [0.4, 0.5) is 0 Å². The maximum Gasteiger partial charge on any atom is 0.246 e. The zero-order chi connectivity index (χ0) is 18.3. The van der Waals surface area contributed by atoms with Crippen molar-refractivity contribution in [3.63, 3.8) is 0 Å². The zero-order valence-electron chi connectivity index (χ0n) is 13.5. The molecule has 0 bridgehead atoms. The van der Waals surface area contributed by atoms with E-state index in [9.17, 15) is 8.42 Å². The number of hydrogen-bond acceptors (Lipinski definition) is 4. The van der Waals surface area contributed by atoms with Crippen LogP contribution in [0.1, 0.15) is 12.0 Å². The lowest BCUT2D eigenvalue weighted by Crippen LogP contribution is -2.35. The fourth-order valence-electron chi connectivity index (χ4n) is 3.06. The first-order valence-corrected chi connectivity index (χ1v) is 10.5. The van der Waals surface area contributed by atoms with Crippen molar-refractivity contribution in [3.8, 4) is 0 Å². The van der Waals surface area contributed by atoms with Gasteiger partial charge in [0.05, 0.1) is 0 Å². The Balaban J connectivity index is 1.64. The topological polar surface area (TPSA) is 79.0 Å². The molecule has 0 amide bonds. The third-order valence-corrected chi connectivity index (χ3v) is 7.09. The van der Waals surface area contributed by atoms with E-state index in [-0.39, 0.29) is 16.6 Å². The minimum Gasteiger partial charge on any atom is -0.346 e. The highest BCUT2D eigenvalue weighted by molar-refractivity contribution is 9.10. The van der Waals surface area contributed by atoms with E-state index in [1.807, 2.05) is 24.4 Å². The van der Waals surface area contributed by atoms with Gasteiger partial charge in [-0.05, 0) is 46.1 Å². The molecule has 0 spiro atoms.